The van der Waals surface area contributed by atoms with E-state index in [0.29, 0.717) is 18.8 Å². The van der Waals surface area contributed by atoms with Gasteiger partial charge in [-0.25, -0.2) is 8.78 Å². The van der Waals surface area contributed by atoms with Crippen LogP contribution in [0.4, 0.5) is 8.78 Å². The topological polar surface area (TPSA) is 57.5 Å². The zero-order valence-corrected chi connectivity index (χ0v) is 30.2. The predicted octanol–water partition coefficient (Wildman–Crippen LogP) is 11.4. The van der Waals surface area contributed by atoms with Gasteiger partial charge in [0.05, 0.1) is 0 Å². The molecule has 2 unspecified atom stereocenters. The van der Waals surface area contributed by atoms with E-state index in [1.54, 1.807) is 6.07 Å². The van der Waals surface area contributed by atoms with E-state index in [1.165, 1.54) is 36.0 Å². The van der Waals surface area contributed by atoms with Crippen molar-refractivity contribution >= 4 is 6.79 Å². The van der Waals surface area contributed by atoms with Crippen LogP contribution in [0.5, 0.6) is 0 Å². The highest BCUT2D eigenvalue weighted by Crippen LogP contribution is 2.44. The van der Waals surface area contributed by atoms with E-state index >= 15 is 8.78 Å². The number of rotatable bonds is 16. The molecule has 1 fully saturated rings. The van der Waals surface area contributed by atoms with Crippen LogP contribution in [-0.2, 0) is 17.6 Å². The number of unbranched alkanes of at least 4 members (excludes halogenated alkanes) is 2. The number of carbonyl (C=O) groups excluding carboxylic acids is 1. The van der Waals surface area contributed by atoms with Gasteiger partial charge in [-0.2, -0.15) is 0 Å². The van der Waals surface area contributed by atoms with Crippen LogP contribution in [-0.4, -0.2) is 30.7 Å². The lowest BCUT2D eigenvalue weighted by atomic mass is 9.73. The highest BCUT2D eigenvalue weighted by atomic mass is 19.1. The molecule has 266 valence electrons. The Bertz CT molecular complexity index is 1310. The van der Waals surface area contributed by atoms with Crippen LogP contribution in [0.2, 0.25) is 0 Å². The lowest BCUT2D eigenvalue weighted by molar-refractivity contribution is -0.0980. The molecule has 48 heavy (non-hydrogen) atoms. The van der Waals surface area contributed by atoms with Gasteiger partial charge < -0.3 is 15.0 Å². The van der Waals surface area contributed by atoms with Gasteiger partial charge in [0.1, 0.15) is 18.4 Å². The van der Waals surface area contributed by atoms with Crippen LogP contribution in [0.1, 0.15) is 150 Å². The first-order valence-electron chi connectivity index (χ1n) is 18.3. The second kappa shape index (κ2) is 22.7. The third-order valence-electron chi connectivity index (χ3n) is 10.3. The summed E-state index contributed by atoms with van der Waals surface area (Å²) in [4.78, 5) is 8.00. The van der Waals surface area contributed by atoms with Crippen molar-refractivity contribution in [2.75, 3.05) is 13.7 Å². The molecule has 2 atom stereocenters. The smallest absolute Gasteiger partial charge is 0.126 e. The van der Waals surface area contributed by atoms with Gasteiger partial charge in [-0.05, 0) is 141 Å². The maximum Gasteiger partial charge on any atom is 0.126 e. The zero-order chi connectivity index (χ0) is 35.5. The SMILES string of the molecule is C=C(C)CCCC(CCCO)c1ccc(C2CCC(C3=C(F)CC(c4ccc(CCCCC)c(CC)c4)C=C3)CC2)cc1F.C=O.CO. The van der Waals surface area contributed by atoms with Crippen LogP contribution in [0.3, 0.4) is 0 Å². The van der Waals surface area contributed by atoms with Crippen LogP contribution in [0.15, 0.2) is 72.1 Å². The molecule has 2 aromatic carbocycles. The van der Waals surface area contributed by atoms with Gasteiger partial charge in [-0.1, -0.05) is 74.7 Å². The van der Waals surface area contributed by atoms with Crippen molar-refractivity contribution in [3.05, 3.63) is 106 Å². The van der Waals surface area contributed by atoms with E-state index in [4.69, 9.17) is 9.90 Å². The summed E-state index contributed by atoms with van der Waals surface area (Å²) in [7, 11) is 1.00. The van der Waals surface area contributed by atoms with Crippen molar-refractivity contribution in [1.82, 2.24) is 0 Å². The van der Waals surface area contributed by atoms with E-state index in [0.717, 1.165) is 93.6 Å². The molecule has 2 aliphatic rings. The fourth-order valence-corrected chi connectivity index (χ4v) is 7.60. The Labute approximate surface area is 290 Å². The average molecular weight is 665 g/mol. The summed E-state index contributed by atoms with van der Waals surface area (Å²) in [5.74, 6) is 0.742. The third-order valence-corrected chi connectivity index (χ3v) is 10.3. The molecule has 3 nitrogen and oxygen atoms in total. The van der Waals surface area contributed by atoms with Crippen molar-refractivity contribution in [3.63, 3.8) is 0 Å². The average Bonchev–Trinajstić information content (AvgIpc) is 3.11. The largest absolute Gasteiger partial charge is 0.400 e. The molecule has 0 radical (unpaired) electrons. The van der Waals surface area contributed by atoms with Gasteiger partial charge in [-0.3, -0.25) is 0 Å². The molecule has 1 saturated carbocycles. The Balaban J connectivity index is 0.00000193. The maximum absolute atomic E-state index is 15.6. The van der Waals surface area contributed by atoms with Crippen molar-refractivity contribution in [3.8, 4) is 0 Å². The Kier molecular flexibility index (Phi) is 19.5. The fourth-order valence-electron chi connectivity index (χ4n) is 7.60. The molecule has 4 rings (SSSR count). The van der Waals surface area contributed by atoms with Gasteiger partial charge in [0.15, 0.2) is 0 Å². The van der Waals surface area contributed by atoms with Gasteiger partial charge >= 0.3 is 0 Å². The first-order chi connectivity index (χ1) is 23.3. The number of allylic oxidation sites excluding steroid dienone is 5. The van der Waals surface area contributed by atoms with Crippen molar-refractivity contribution in [2.45, 2.75) is 135 Å². The Morgan fingerprint density at radius 2 is 1.54 bits per heavy atom. The number of hydrogen-bond acceptors (Lipinski definition) is 3. The molecule has 0 aromatic heterocycles. The lowest BCUT2D eigenvalue weighted by Crippen LogP contribution is -2.17. The molecule has 0 bridgehead atoms. The molecule has 0 amide bonds. The highest BCUT2D eigenvalue weighted by Gasteiger charge is 2.29. The normalized spacial score (nSPS) is 19.5. The number of aliphatic hydroxyl groups is 2. The van der Waals surface area contributed by atoms with Gasteiger partial charge in [-0.15, -0.1) is 6.58 Å². The maximum atomic E-state index is 15.6. The van der Waals surface area contributed by atoms with Crippen LogP contribution in [0.25, 0.3) is 0 Å². The number of hydrogen-bond donors (Lipinski definition) is 2. The van der Waals surface area contributed by atoms with Crippen molar-refractivity contribution in [2.24, 2.45) is 5.92 Å². The first-order valence-corrected chi connectivity index (χ1v) is 18.3. The predicted molar refractivity (Wildman–Crippen MR) is 198 cm³/mol. The monoisotopic (exact) mass is 664 g/mol. The Morgan fingerprint density at radius 1 is 0.875 bits per heavy atom. The summed E-state index contributed by atoms with van der Waals surface area (Å²) in [6, 6.07) is 12.7. The summed E-state index contributed by atoms with van der Waals surface area (Å²) in [6.07, 6.45) is 18.8. The molecular formula is C43H62F2O3. The standard InChI is InChI=1S/C41H56F2O.CH4O.CH2O/c1-5-7-8-12-31-17-20-35(26-30(31)6-2)37-22-24-39(41(43)28-37)34-18-15-32(16-19-34)36-21-23-38(40(42)27-36)33(14-10-25-44)13-9-11-29(3)4;2*1-2/h17,20-24,26-27,32-34,37,44H,3,5-16,18-19,25,28H2,1-2,4H3;2H,1H3;1H2. The minimum Gasteiger partial charge on any atom is -0.400 e. The molecule has 0 aliphatic heterocycles. The molecule has 2 aliphatic carbocycles. The summed E-state index contributed by atoms with van der Waals surface area (Å²) in [5.41, 5.74) is 8.01. The number of aliphatic hydroxyl groups excluding tert-OH is 2. The summed E-state index contributed by atoms with van der Waals surface area (Å²) in [5, 5.41) is 16.4. The molecule has 2 N–H and O–H groups in total. The number of halogens is 2. The first kappa shape index (κ1) is 41.3. The van der Waals surface area contributed by atoms with Crippen LogP contribution >= 0.6 is 0 Å². The van der Waals surface area contributed by atoms with Gasteiger partial charge in [0.25, 0.3) is 0 Å². The van der Waals surface area contributed by atoms with E-state index in [2.05, 4.69) is 56.8 Å². The van der Waals surface area contributed by atoms with Crippen LogP contribution < -0.4 is 0 Å². The minimum absolute atomic E-state index is 0.0574. The highest BCUT2D eigenvalue weighted by molar-refractivity contribution is 5.41. The van der Waals surface area contributed by atoms with Gasteiger partial charge in [0.2, 0.25) is 0 Å². The Morgan fingerprint density at radius 3 is 2.15 bits per heavy atom. The zero-order valence-electron chi connectivity index (χ0n) is 30.2. The van der Waals surface area contributed by atoms with E-state index in [9.17, 15) is 5.11 Å². The molecule has 0 saturated heterocycles. The van der Waals surface area contributed by atoms with E-state index in [1.807, 2.05) is 19.8 Å². The van der Waals surface area contributed by atoms with Crippen molar-refractivity contribution < 1.29 is 23.8 Å². The summed E-state index contributed by atoms with van der Waals surface area (Å²) >= 11 is 0. The number of aryl methyl sites for hydroxylation is 2. The minimum atomic E-state index is -0.113. The number of carbonyl (C=O) groups is 1. The third kappa shape index (κ3) is 12.2. The Hall–Kier alpha value is -2.89. The summed E-state index contributed by atoms with van der Waals surface area (Å²) in [6.45, 7) is 12.6. The quantitative estimate of drug-likeness (QED) is 0.139. The molecular weight excluding hydrogens is 602 g/mol. The second-order valence-corrected chi connectivity index (χ2v) is 13.6. The number of benzene rings is 2. The molecule has 5 heteroatoms. The molecule has 0 heterocycles. The second-order valence-electron chi connectivity index (χ2n) is 13.6. The molecule has 0 spiro atoms. The fraction of sp³-hybridized carbons (Fsp3) is 0.558. The van der Waals surface area contributed by atoms with Crippen LogP contribution in [0, 0.1) is 11.7 Å². The lowest BCUT2D eigenvalue weighted by Gasteiger charge is -2.32. The van der Waals surface area contributed by atoms with Gasteiger partial charge in [0, 0.05) is 26.1 Å². The summed E-state index contributed by atoms with van der Waals surface area (Å²) < 4.78 is 31.1. The van der Waals surface area contributed by atoms with E-state index < -0.39 is 0 Å². The van der Waals surface area contributed by atoms with E-state index in [-0.39, 0.29) is 36.0 Å². The molecule has 2 aromatic rings. The van der Waals surface area contributed by atoms with Crippen molar-refractivity contribution in [1.29, 1.82) is 0 Å².